The predicted octanol–water partition coefficient (Wildman–Crippen LogP) is 4.24. The van der Waals surface area contributed by atoms with Crippen LogP contribution in [0, 0.1) is 11.8 Å². The number of rotatable bonds is 9. The van der Waals surface area contributed by atoms with Gasteiger partial charge in [0.05, 0.1) is 24.2 Å². The third-order valence-electron chi connectivity index (χ3n) is 10.6. The van der Waals surface area contributed by atoms with Crippen LogP contribution in [0.3, 0.4) is 0 Å². The molecule has 4 fully saturated rings. The van der Waals surface area contributed by atoms with E-state index in [1.807, 2.05) is 9.80 Å². The third-order valence-corrected chi connectivity index (χ3v) is 10.6. The van der Waals surface area contributed by atoms with Crippen molar-refractivity contribution >= 4 is 17.6 Å². The van der Waals surface area contributed by atoms with Gasteiger partial charge in [-0.3, -0.25) is 14.5 Å². The van der Waals surface area contributed by atoms with E-state index < -0.39 is 29.2 Å². The number of likely N-dealkylation sites (tertiary alicyclic amines) is 2. The van der Waals surface area contributed by atoms with E-state index in [0.29, 0.717) is 76.4 Å². The van der Waals surface area contributed by atoms with Crippen LogP contribution in [-0.2, 0) is 30.0 Å². The monoisotopic (exact) mass is 625 g/mol. The van der Waals surface area contributed by atoms with Crippen LogP contribution in [0.15, 0.2) is 18.2 Å². The smallest absolute Gasteiger partial charge is 0.416 e. The molecule has 3 aliphatic heterocycles. The van der Waals surface area contributed by atoms with Crippen molar-refractivity contribution in [3.8, 4) is 0 Å². The van der Waals surface area contributed by atoms with Crippen LogP contribution in [0.2, 0.25) is 0 Å². The summed E-state index contributed by atoms with van der Waals surface area (Å²) >= 11 is 0. The fraction of sp³-hybridized carbons (Fsp3) is 0.750. The second-order valence-corrected chi connectivity index (χ2v) is 13.0. The highest BCUT2D eigenvalue weighted by molar-refractivity contribution is 5.86. The van der Waals surface area contributed by atoms with E-state index in [9.17, 15) is 27.9 Å². The zero-order valence-corrected chi connectivity index (χ0v) is 26.0. The summed E-state index contributed by atoms with van der Waals surface area (Å²) in [5.41, 5.74) is -0.510. The highest BCUT2D eigenvalue weighted by Gasteiger charge is 2.51. The number of alkyl halides is 3. The maximum absolute atomic E-state index is 14.2. The summed E-state index contributed by atoms with van der Waals surface area (Å²) in [7, 11) is 4.94. The Balaban J connectivity index is 1.37. The second kappa shape index (κ2) is 13.5. The number of ether oxygens (including phenoxy) is 3. The largest absolute Gasteiger partial charge is 0.481 e. The molecule has 1 aromatic rings. The van der Waals surface area contributed by atoms with Gasteiger partial charge in [-0.1, -0.05) is 6.07 Å². The standard InChI is InChI=1S/C32H46F3N3O6/c1-42-19-22-17-38(30(41)31(44-3)12-15-37(20-31)24-5-7-25(43-2)8-6-24)18-27(22)26-9-4-23(32(33,34)35)16-28(26)36-13-10-21(11-14-36)29(39)40/h4,9,16,21-22,24-25,27H,5-8,10-15,17-20H2,1-3H3,(H,39,40)/t22-,24-,25-,27+,31-/m1/s1. The maximum atomic E-state index is 14.2. The summed E-state index contributed by atoms with van der Waals surface area (Å²) < 4.78 is 58.6. The Kier molecular flexibility index (Phi) is 10.1. The molecule has 9 nitrogen and oxygen atoms in total. The van der Waals surface area contributed by atoms with Crippen molar-refractivity contribution in [2.24, 2.45) is 11.8 Å². The molecule has 44 heavy (non-hydrogen) atoms. The van der Waals surface area contributed by atoms with E-state index in [-0.39, 0.29) is 17.7 Å². The van der Waals surface area contributed by atoms with Crippen molar-refractivity contribution < 1.29 is 42.1 Å². The molecule has 3 saturated heterocycles. The Morgan fingerprint density at radius 2 is 1.70 bits per heavy atom. The molecule has 0 unspecified atom stereocenters. The fourth-order valence-corrected chi connectivity index (χ4v) is 7.93. The van der Waals surface area contributed by atoms with Gasteiger partial charge in [0.25, 0.3) is 5.91 Å². The van der Waals surface area contributed by atoms with Crippen molar-refractivity contribution in [2.75, 3.05) is 72.1 Å². The molecule has 3 atom stereocenters. The molecule has 12 heteroatoms. The molecule has 0 spiro atoms. The summed E-state index contributed by atoms with van der Waals surface area (Å²) in [4.78, 5) is 31.8. The average Bonchev–Trinajstić information content (AvgIpc) is 3.66. The molecule has 1 aromatic carbocycles. The van der Waals surface area contributed by atoms with Gasteiger partial charge in [0, 0.05) is 84.2 Å². The van der Waals surface area contributed by atoms with Gasteiger partial charge in [-0.15, -0.1) is 0 Å². The minimum absolute atomic E-state index is 0.0765. The van der Waals surface area contributed by atoms with E-state index in [0.717, 1.165) is 43.9 Å². The topological polar surface area (TPSA) is 91.8 Å². The van der Waals surface area contributed by atoms with Crippen LogP contribution in [-0.4, -0.2) is 112 Å². The van der Waals surface area contributed by atoms with Gasteiger partial charge >= 0.3 is 12.1 Å². The fourth-order valence-electron chi connectivity index (χ4n) is 7.93. The van der Waals surface area contributed by atoms with Gasteiger partial charge in [-0.25, -0.2) is 0 Å². The summed E-state index contributed by atoms with van der Waals surface area (Å²) in [5.74, 6) is -1.82. The number of halogens is 3. The van der Waals surface area contributed by atoms with Crippen LogP contribution < -0.4 is 4.90 Å². The van der Waals surface area contributed by atoms with Crippen LogP contribution in [0.5, 0.6) is 0 Å². The number of carbonyl (C=O) groups is 2. The number of hydrogen-bond donors (Lipinski definition) is 1. The van der Waals surface area contributed by atoms with Crippen molar-refractivity contribution in [3.63, 3.8) is 0 Å². The molecule has 1 saturated carbocycles. The SMILES string of the molecule is COC[C@H]1CN(C(=O)[C@@]2(OC)CCN([C@H]3CC[C@H](OC)CC3)C2)C[C@@H]1c1ccc(C(F)(F)F)cc1N1CCC(C(=O)O)CC1. The van der Waals surface area contributed by atoms with Gasteiger partial charge in [-0.05, 0) is 62.6 Å². The first-order chi connectivity index (χ1) is 21.0. The molecule has 5 rings (SSSR count). The lowest BCUT2D eigenvalue weighted by atomic mass is 9.86. The van der Waals surface area contributed by atoms with E-state index in [1.54, 1.807) is 27.4 Å². The number of carboxylic acid groups (broad SMARTS) is 1. The molecule has 246 valence electrons. The summed E-state index contributed by atoms with van der Waals surface area (Å²) in [6.07, 6.45) is 1.14. The number of anilines is 1. The highest BCUT2D eigenvalue weighted by atomic mass is 19.4. The predicted molar refractivity (Wildman–Crippen MR) is 158 cm³/mol. The van der Waals surface area contributed by atoms with Gasteiger partial charge < -0.3 is 29.1 Å². The number of piperidine rings is 1. The Labute approximate surface area is 257 Å². The molecule has 0 radical (unpaired) electrons. The lowest BCUT2D eigenvalue weighted by Gasteiger charge is -2.36. The first-order valence-corrected chi connectivity index (χ1v) is 15.8. The zero-order chi connectivity index (χ0) is 31.6. The number of nitrogens with zero attached hydrogens (tertiary/aromatic N) is 3. The lowest BCUT2D eigenvalue weighted by molar-refractivity contribution is -0.153. The first kappa shape index (κ1) is 33.0. The van der Waals surface area contributed by atoms with E-state index in [2.05, 4.69) is 4.90 Å². The molecule has 4 aliphatic rings. The summed E-state index contributed by atoms with van der Waals surface area (Å²) in [6, 6.07) is 4.23. The molecular formula is C32H46F3N3O6. The summed E-state index contributed by atoms with van der Waals surface area (Å²) in [6.45, 7) is 3.12. The minimum Gasteiger partial charge on any atom is -0.481 e. The van der Waals surface area contributed by atoms with E-state index in [4.69, 9.17) is 14.2 Å². The quantitative estimate of drug-likeness (QED) is 0.436. The number of amides is 1. The average molecular weight is 626 g/mol. The van der Waals surface area contributed by atoms with E-state index >= 15 is 0 Å². The Hall–Kier alpha value is -2.41. The first-order valence-electron chi connectivity index (χ1n) is 15.8. The molecule has 0 bridgehead atoms. The van der Waals surface area contributed by atoms with Crippen LogP contribution in [0.25, 0.3) is 0 Å². The van der Waals surface area contributed by atoms with Crippen molar-refractivity contribution in [1.82, 2.24) is 9.80 Å². The van der Waals surface area contributed by atoms with Gasteiger partial charge in [-0.2, -0.15) is 13.2 Å². The molecule has 1 aliphatic carbocycles. The lowest BCUT2D eigenvalue weighted by Crippen LogP contribution is -2.52. The van der Waals surface area contributed by atoms with Gasteiger partial charge in [0.2, 0.25) is 0 Å². The Bertz CT molecular complexity index is 1170. The number of methoxy groups -OCH3 is 3. The molecule has 3 heterocycles. The number of aliphatic carboxylic acids is 1. The van der Waals surface area contributed by atoms with Crippen molar-refractivity contribution in [2.45, 2.75) is 74.8 Å². The third kappa shape index (κ3) is 6.73. The van der Waals surface area contributed by atoms with Crippen LogP contribution in [0.4, 0.5) is 18.9 Å². The summed E-state index contributed by atoms with van der Waals surface area (Å²) in [5, 5.41) is 9.45. The highest BCUT2D eigenvalue weighted by Crippen LogP contribution is 2.43. The second-order valence-electron chi connectivity index (χ2n) is 13.0. The van der Waals surface area contributed by atoms with Crippen molar-refractivity contribution in [1.29, 1.82) is 0 Å². The van der Waals surface area contributed by atoms with Crippen molar-refractivity contribution in [3.05, 3.63) is 29.3 Å². The van der Waals surface area contributed by atoms with Crippen LogP contribution >= 0.6 is 0 Å². The minimum atomic E-state index is -4.52. The molecule has 0 aromatic heterocycles. The molecule has 1 amide bonds. The molecule has 1 N–H and O–H groups in total. The van der Waals surface area contributed by atoms with Crippen LogP contribution in [0.1, 0.15) is 62.0 Å². The number of carbonyl (C=O) groups excluding carboxylic acids is 1. The Morgan fingerprint density at radius 1 is 1.00 bits per heavy atom. The zero-order valence-electron chi connectivity index (χ0n) is 26.0. The number of carboxylic acids is 1. The maximum Gasteiger partial charge on any atom is 0.416 e. The van der Waals surface area contributed by atoms with Gasteiger partial charge in [0.1, 0.15) is 0 Å². The Morgan fingerprint density at radius 3 is 2.30 bits per heavy atom. The number of hydrogen-bond acceptors (Lipinski definition) is 7. The normalized spacial score (nSPS) is 30.7. The molecular weight excluding hydrogens is 579 g/mol. The number of benzene rings is 1. The van der Waals surface area contributed by atoms with E-state index in [1.165, 1.54) is 6.07 Å². The van der Waals surface area contributed by atoms with Gasteiger partial charge in [0.15, 0.2) is 5.60 Å².